The molecule has 0 aromatic heterocycles. The Morgan fingerprint density at radius 2 is 2.13 bits per heavy atom. The Balaban J connectivity index is 2.25. The van der Waals surface area contributed by atoms with Crippen LogP contribution >= 0.6 is 0 Å². The topological polar surface area (TPSA) is 29.5 Å². The first-order chi connectivity index (χ1) is 7.22. The molecule has 1 aromatic rings. The molecule has 15 heavy (non-hydrogen) atoms. The van der Waals surface area contributed by atoms with Gasteiger partial charge in [0.2, 0.25) is 0 Å². The van der Waals surface area contributed by atoms with Crippen LogP contribution in [0.4, 0.5) is 0 Å². The average Bonchev–Trinajstić information content (AvgIpc) is 2.12. The van der Waals surface area contributed by atoms with Gasteiger partial charge in [0.05, 0.1) is 19.8 Å². The van der Waals surface area contributed by atoms with Crippen LogP contribution in [0.3, 0.4) is 0 Å². The van der Waals surface area contributed by atoms with Gasteiger partial charge in [0.15, 0.2) is 0 Å². The maximum absolute atomic E-state index is 9.45. The van der Waals surface area contributed by atoms with E-state index in [2.05, 4.69) is 32.0 Å². The predicted molar refractivity (Wildman–Crippen MR) is 60.1 cm³/mol. The molecular formula is C13H18O2. The predicted octanol–water partition coefficient (Wildman–Crippen LogP) is 2.03. The van der Waals surface area contributed by atoms with Crippen LogP contribution in [0.1, 0.15) is 22.6 Å². The van der Waals surface area contributed by atoms with Crippen molar-refractivity contribution in [3.05, 3.63) is 34.9 Å². The lowest BCUT2D eigenvalue weighted by Gasteiger charge is -2.33. The lowest BCUT2D eigenvalue weighted by atomic mass is 9.83. The van der Waals surface area contributed by atoms with Crippen LogP contribution in [0.25, 0.3) is 0 Å². The fourth-order valence-corrected chi connectivity index (χ4v) is 2.23. The fraction of sp³-hybridized carbons (Fsp3) is 0.538. The van der Waals surface area contributed by atoms with E-state index < -0.39 is 0 Å². The smallest absolute Gasteiger partial charge is 0.0523 e. The summed E-state index contributed by atoms with van der Waals surface area (Å²) in [6.07, 6.45) is 0. The summed E-state index contributed by atoms with van der Waals surface area (Å²) in [5, 5.41) is 9.45. The lowest BCUT2D eigenvalue weighted by molar-refractivity contribution is -0.0528. The molecule has 1 aliphatic rings. The summed E-state index contributed by atoms with van der Waals surface area (Å²) >= 11 is 0. The number of benzene rings is 1. The van der Waals surface area contributed by atoms with E-state index in [4.69, 9.17) is 4.74 Å². The van der Waals surface area contributed by atoms with Crippen molar-refractivity contribution >= 4 is 0 Å². The van der Waals surface area contributed by atoms with Gasteiger partial charge in [-0.25, -0.2) is 0 Å². The second-order valence-electron chi connectivity index (χ2n) is 4.45. The standard InChI is InChI=1S/C13H18O2/c1-9-3-4-12(10(2)5-9)13(6-14)11-7-15-8-11/h3-5,11,13-14H,6-8H2,1-2H3. The van der Waals surface area contributed by atoms with Gasteiger partial charge in [0, 0.05) is 11.8 Å². The van der Waals surface area contributed by atoms with Gasteiger partial charge in [-0.2, -0.15) is 0 Å². The molecule has 2 heteroatoms. The Hall–Kier alpha value is -0.860. The van der Waals surface area contributed by atoms with E-state index in [0.717, 1.165) is 13.2 Å². The largest absolute Gasteiger partial charge is 0.396 e. The lowest BCUT2D eigenvalue weighted by Crippen LogP contribution is -2.35. The van der Waals surface area contributed by atoms with Crippen molar-refractivity contribution in [1.29, 1.82) is 0 Å². The Bertz CT molecular complexity index is 342. The zero-order chi connectivity index (χ0) is 10.8. The maximum atomic E-state index is 9.45. The summed E-state index contributed by atoms with van der Waals surface area (Å²) in [6, 6.07) is 6.44. The van der Waals surface area contributed by atoms with Crippen molar-refractivity contribution < 1.29 is 9.84 Å². The second kappa shape index (κ2) is 4.33. The molecule has 0 radical (unpaired) electrons. The van der Waals surface area contributed by atoms with Gasteiger partial charge in [-0.15, -0.1) is 0 Å². The van der Waals surface area contributed by atoms with E-state index in [0.29, 0.717) is 5.92 Å². The summed E-state index contributed by atoms with van der Waals surface area (Å²) < 4.78 is 5.19. The number of aliphatic hydroxyl groups excluding tert-OH is 1. The first-order valence-corrected chi connectivity index (χ1v) is 5.48. The highest BCUT2D eigenvalue weighted by Crippen LogP contribution is 2.31. The highest BCUT2D eigenvalue weighted by Gasteiger charge is 2.29. The molecular weight excluding hydrogens is 188 g/mol. The van der Waals surface area contributed by atoms with E-state index in [9.17, 15) is 5.11 Å². The summed E-state index contributed by atoms with van der Waals surface area (Å²) in [5.74, 6) is 0.746. The molecule has 1 fully saturated rings. The number of rotatable bonds is 3. The highest BCUT2D eigenvalue weighted by atomic mass is 16.5. The molecule has 0 saturated carbocycles. The third-order valence-corrected chi connectivity index (χ3v) is 3.25. The second-order valence-corrected chi connectivity index (χ2v) is 4.45. The van der Waals surface area contributed by atoms with Crippen molar-refractivity contribution in [2.45, 2.75) is 19.8 Å². The van der Waals surface area contributed by atoms with E-state index >= 15 is 0 Å². The van der Waals surface area contributed by atoms with E-state index in [1.807, 2.05) is 0 Å². The Labute approximate surface area is 90.9 Å². The van der Waals surface area contributed by atoms with Crippen LogP contribution in [-0.4, -0.2) is 24.9 Å². The number of hydrogen-bond acceptors (Lipinski definition) is 2. The van der Waals surface area contributed by atoms with Crippen LogP contribution in [0.5, 0.6) is 0 Å². The SMILES string of the molecule is Cc1ccc(C(CO)C2COC2)c(C)c1. The molecule has 0 aliphatic carbocycles. The minimum Gasteiger partial charge on any atom is -0.396 e. The minimum atomic E-state index is 0.220. The van der Waals surface area contributed by atoms with Crippen LogP contribution in [-0.2, 0) is 4.74 Å². The van der Waals surface area contributed by atoms with E-state index in [-0.39, 0.29) is 12.5 Å². The number of aliphatic hydroxyl groups is 1. The highest BCUT2D eigenvalue weighted by molar-refractivity contribution is 5.33. The molecule has 1 aromatic carbocycles. The zero-order valence-corrected chi connectivity index (χ0v) is 9.36. The molecule has 0 bridgehead atoms. The number of hydrogen-bond donors (Lipinski definition) is 1. The van der Waals surface area contributed by atoms with Crippen molar-refractivity contribution in [3.63, 3.8) is 0 Å². The van der Waals surface area contributed by atoms with Crippen LogP contribution in [0.15, 0.2) is 18.2 Å². The van der Waals surface area contributed by atoms with Crippen LogP contribution < -0.4 is 0 Å². The Kier molecular flexibility index (Phi) is 3.08. The summed E-state index contributed by atoms with van der Waals surface area (Å²) in [4.78, 5) is 0. The molecule has 0 spiro atoms. The van der Waals surface area contributed by atoms with Gasteiger partial charge >= 0.3 is 0 Å². The summed E-state index contributed by atoms with van der Waals surface area (Å²) in [5.41, 5.74) is 3.83. The van der Waals surface area contributed by atoms with Crippen LogP contribution in [0, 0.1) is 19.8 Å². The molecule has 2 nitrogen and oxygen atoms in total. The quantitative estimate of drug-likeness (QED) is 0.820. The zero-order valence-electron chi connectivity index (χ0n) is 9.36. The van der Waals surface area contributed by atoms with E-state index in [1.54, 1.807) is 0 Å². The molecule has 1 heterocycles. The maximum Gasteiger partial charge on any atom is 0.0523 e. The number of aryl methyl sites for hydroxylation is 2. The van der Waals surface area contributed by atoms with Gasteiger partial charge in [-0.3, -0.25) is 0 Å². The van der Waals surface area contributed by atoms with Crippen molar-refractivity contribution in [2.75, 3.05) is 19.8 Å². The third kappa shape index (κ3) is 2.06. The first-order valence-electron chi connectivity index (χ1n) is 5.48. The molecule has 1 unspecified atom stereocenters. The average molecular weight is 206 g/mol. The van der Waals surface area contributed by atoms with Gasteiger partial charge < -0.3 is 9.84 Å². The Morgan fingerprint density at radius 3 is 2.60 bits per heavy atom. The van der Waals surface area contributed by atoms with Crippen LogP contribution in [0.2, 0.25) is 0 Å². The molecule has 1 atom stereocenters. The number of ether oxygens (including phenoxy) is 1. The third-order valence-electron chi connectivity index (χ3n) is 3.25. The minimum absolute atomic E-state index is 0.220. The molecule has 2 rings (SSSR count). The molecule has 1 aliphatic heterocycles. The summed E-state index contributed by atoms with van der Waals surface area (Å²) in [7, 11) is 0. The molecule has 1 N–H and O–H groups in total. The van der Waals surface area contributed by atoms with Crippen molar-refractivity contribution in [3.8, 4) is 0 Å². The van der Waals surface area contributed by atoms with Gasteiger partial charge in [-0.05, 0) is 25.0 Å². The normalized spacial score (nSPS) is 18.6. The fourth-order valence-electron chi connectivity index (χ4n) is 2.23. The monoisotopic (exact) mass is 206 g/mol. The van der Waals surface area contributed by atoms with Gasteiger partial charge in [-0.1, -0.05) is 23.8 Å². The molecule has 82 valence electrons. The van der Waals surface area contributed by atoms with Gasteiger partial charge in [0.1, 0.15) is 0 Å². The van der Waals surface area contributed by atoms with Gasteiger partial charge in [0.25, 0.3) is 0 Å². The molecule has 0 amide bonds. The van der Waals surface area contributed by atoms with Crippen molar-refractivity contribution in [1.82, 2.24) is 0 Å². The first kappa shape index (κ1) is 10.7. The van der Waals surface area contributed by atoms with Crippen molar-refractivity contribution in [2.24, 2.45) is 5.92 Å². The summed E-state index contributed by atoms with van der Waals surface area (Å²) in [6.45, 7) is 6.01. The van der Waals surface area contributed by atoms with E-state index in [1.165, 1.54) is 16.7 Å². The molecule has 1 saturated heterocycles. The Morgan fingerprint density at radius 1 is 1.40 bits per heavy atom.